The van der Waals surface area contributed by atoms with E-state index in [1.807, 2.05) is 43.3 Å². The summed E-state index contributed by atoms with van der Waals surface area (Å²) in [4.78, 5) is 32.3. The molecule has 0 spiro atoms. The van der Waals surface area contributed by atoms with E-state index < -0.39 is 17.7 Å². The number of aromatic nitrogens is 1. The van der Waals surface area contributed by atoms with E-state index in [2.05, 4.69) is 11.9 Å². The predicted molar refractivity (Wildman–Crippen MR) is 144 cm³/mol. The number of carbonyl (C=O) groups is 2. The van der Waals surface area contributed by atoms with Crippen molar-refractivity contribution in [3.05, 3.63) is 94.8 Å². The number of benzene rings is 2. The van der Waals surface area contributed by atoms with Crippen molar-refractivity contribution in [1.82, 2.24) is 9.88 Å². The molecule has 0 bridgehead atoms. The van der Waals surface area contributed by atoms with Gasteiger partial charge in [-0.3, -0.25) is 14.6 Å². The molecule has 3 aromatic rings. The van der Waals surface area contributed by atoms with Crippen LogP contribution in [-0.4, -0.2) is 39.4 Å². The number of likely N-dealkylation sites (tertiary alicyclic amines) is 1. The second kappa shape index (κ2) is 11.1. The fraction of sp³-hybridized carbons (Fsp3) is 0.323. The molecule has 0 saturated carbocycles. The molecule has 2 unspecified atom stereocenters. The minimum Gasteiger partial charge on any atom is -0.507 e. The number of hydrogen-bond acceptors (Lipinski definition) is 6. The zero-order chi connectivity index (χ0) is 26.6. The van der Waals surface area contributed by atoms with E-state index in [9.17, 15) is 14.7 Å². The van der Waals surface area contributed by atoms with Crippen molar-refractivity contribution in [2.45, 2.75) is 58.2 Å². The number of rotatable bonds is 9. The molecule has 1 amide bonds. The maximum Gasteiger partial charge on any atom is 0.295 e. The summed E-state index contributed by atoms with van der Waals surface area (Å²) in [6.45, 7) is 4.95. The summed E-state index contributed by atoms with van der Waals surface area (Å²) in [5, 5.41) is 11.4. The minimum atomic E-state index is -0.757. The summed E-state index contributed by atoms with van der Waals surface area (Å²) in [6, 6.07) is 15.7. The Kier molecular flexibility index (Phi) is 7.45. The second-order valence-corrected chi connectivity index (χ2v) is 9.87. The summed E-state index contributed by atoms with van der Waals surface area (Å²) in [5.74, 6) is -0.0527. The third-order valence-electron chi connectivity index (χ3n) is 7.00. The Morgan fingerprint density at radius 2 is 1.95 bits per heavy atom. The normalized spacial score (nSPS) is 19.9. The molecule has 7 nitrogen and oxygen atoms in total. The Hall–Kier alpha value is -4.13. The van der Waals surface area contributed by atoms with Gasteiger partial charge in [-0.2, -0.15) is 0 Å². The van der Waals surface area contributed by atoms with Gasteiger partial charge in [0.15, 0.2) is 0 Å². The maximum absolute atomic E-state index is 13.4. The molecule has 1 aromatic heterocycles. The summed E-state index contributed by atoms with van der Waals surface area (Å²) < 4.78 is 11.6. The predicted octanol–water partition coefficient (Wildman–Crippen LogP) is 5.60. The number of ether oxygens (including phenoxy) is 2. The van der Waals surface area contributed by atoms with Gasteiger partial charge in [0.05, 0.1) is 18.2 Å². The number of ketones is 1. The van der Waals surface area contributed by atoms with Gasteiger partial charge < -0.3 is 19.5 Å². The molecule has 3 heterocycles. The minimum absolute atomic E-state index is 0.0511. The number of nitrogens with zero attached hydrogens (tertiary/aromatic N) is 2. The van der Waals surface area contributed by atoms with E-state index in [-0.39, 0.29) is 24.0 Å². The maximum atomic E-state index is 13.4. The molecule has 2 aliphatic heterocycles. The fourth-order valence-electron chi connectivity index (χ4n) is 5.09. The van der Waals surface area contributed by atoms with E-state index in [1.54, 1.807) is 30.6 Å². The van der Waals surface area contributed by atoms with Crippen LogP contribution in [0.15, 0.2) is 72.6 Å². The van der Waals surface area contributed by atoms with Crippen LogP contribution in [0.2, 0.25) is 0 Å². The van der Waals surface area contributed by atoms with Gasteiger partial charge in [-0.25, -0.2) is 0 Å². The van der Waals surface area contributed by atoms with Gasteiger partial charge in [0.2, 0.25) is 0 Å². The van der Waals surface area contributed by atoms with Gasteiger partial charge in [-0.15, -0.1) is 0 Å². The summed E-state index contributed by atoms with van der Waals surface area (Å²) >= 11 is 0. The largest absolute Gasteiger partial charge is 0.507 e. The summed E-state index contributed by atoms with van der Waals surface area (Å²) in [7, 11) is 0. The second-order valence-electron chi connectivity index (χ2n) is 9.87. The molecule has 196 valence electrons. The molecule has 2 aliphatic rings. The van der Waals surface area contributed by atoms with Crippen molar-refractivity contribution in [3.63, 3.8) is 0 Å². The van der Waals surface area contributed by atoms with Crippen LogP contribution in [0.3, 0.4) is 0 Å². The van der Waals surface area contributed by atoms with Crippen molar-refractivity contribution >= 4 is 17.4 Å². The number of fused-ring (bicyclic) bond motifs is 1. The number of carbonyl (C=O) groups excluding carboxylic acids is 2. The molecule has 7 heteroatoms. The fourth-order valence-corrected chi connectivity index (χ4v) is 5.09. The zero-order valence-corrected chi connectivity index (χ0v) is 21.7. The lowest BCUT2D eigenvalue weighted by Crippen LogP contribution is -2.29. The monoisotopic (exact) mass is 512 g/mol. The quantitative estimate of drug-likeness (QED) is 0.174. The highest BCUT2D eigenvalue weighted by Crippen LogP contribution is 2.41. The van der Waals surface area contributed by atoms with Gasteiger partial charge in [-0.1, -0.05) is 38.0 Å². The van der Waals surface area contributed by atoms with Crippen LogP contribution < -0.4 is 9.47 Å². The number of hydrogen-bond donors (Lipinski definition) is 1. The van der Waals surface area contributed by atoms with Crippen LogP contribution in [-0.2, 0) is 22.6 Å². The molecule has 5 rings (SSSR count). The average Bonchev–Trinajstić information content (AvgIpc) is 3.43. The third kappa shape index (κ3) is 5.14. The SMILES string of the molecule is CCCCCOc1ccc(C2/C(=C(/O)c3ccc4c(c3)CC(C)O4)C(=O)C(=O)N2Cc2cccnc2)cc1. The average molecular weight is 513 g/mol. The molecule has 2 atom stereocenters. The Bertz CT molecular complexity index is 1350. The lowest BCUT2D eigenvalue weighted by Gasteiger charge is -2.25. The topological polar surface area (TPSA) is 89.0 Å². The first-order chi connectivity index (χ1) is 18.5. The van der Waals surface area contributed by atoms with Crippen LogP contribution >= 0.6 is 0 Å². The smallest absolute Gasteiger partial charge is 0.295 e. The van der Waals surface area contributed by atoms with Gasteiger partial charge in [0.1, 0.15) is 23.4 Å². The van der Waals surface area contributed by atoms with Crippen molar-refractivity contribution in [3.8, 4) is 11.5 Å². The Balaban J connectivity index is 1.52. The number of aliphatic hydroxyl groups excluding tert-OH is 1. The van der Waals surface area contributed by atoms with Gasteiger partial charge >= 0.3 is 0 Å². The molecule has 1 saturated heterocycles. The van der Waals surface area contributed by atoms with Crippen molar-refractivity contribution in [2.75, 3.05) is 6.61 Å². The number of amides is 1. The van der Waals surface area contributed by atoms with Gasteiger partial charge in [-0.05, 0) is 66.4 Å². The van der Waals surface area contributed by atoms with Crippen molar-refractivity contribution in [2.24, 2.45) is 0 Å². The molecule has 0 radical (unpaired) electrons. The van der Waals surface area contributed by atoms with E-state index in [0.717, 1.165) is 48.3 Å². The summed E-state index contributed by atoms with van der Waals surface area (Å²) in [6.07, 6.45) is 7.30. The molecule has 1 fully saturated rings. The molecular formula is C31H32N2O5. The lowest BCUT2D eigenvalue weighted by molar-refractivity contribution is -0.140. The zero-order valence-electron chi connectivity index (χ0n) is 21.7. The van der Waals surface area contributed by atoms with Crippen molar-refractivity contribution in [1.29, 1.82) is 0 Å². The van der Waals surface area contributed by atoms with Gasteiger partial charge in [0.25, 0.3) is 11.7 Å². The van der Waals surface area contributed by atoms with E-state index in [4.69, 9.17) is 9.47 Å². The first-order valence-corrected chi connectivity index (χ1v) is 13.2. The first kappa shape index (κ1) is 25.5. The molecule has 1 N–H and O–H groups in total. The highest BCUT2D eigenvalue weighted by Gasteiger charge is 2.46. The first-order valence-electron chi connectivity index (χ1n) is 13.2. The molecule has 2 aromatic carbocycles. The Morgan fingerprint density at radius 3 is 2.68 bits per heavy atom. The highest BCUT2D eigenvalue weighted by atomic mass is 16.5. The van der Waals surface area contributed by atoms with E-state index in [0.29, 0.717) is 17.7 Å². The van der Waals surface area contributed by atoms with Crippen LogP contribution in [0.5, 0.6) is 11.5 Å². The van der Waals surface area contributed by atoms with Crippen molar-refractivity contribution < 1.29 is 24.2 Å². The Labute approximate surface area is 222 Å². The van der Waals surface area contributed by atoms with Crippen LogP contribution in [0, 0.1) is 0 Å². The number of pyridine rings is 1. The van der Waals surface area contributed by atoms with Gasteiger partial charge in [0, 0.05) is 30.9 Å². The third-order valence-corrected chi connectivity index (χ3v) is 7.00. The number of unbranched alkanes of at least 4 members (excludes halogenated alkanes) is 2. The van der Waals surface area contributed by atoms with E-state index in [1.165, 1.54) is 4.90 Å². The van der Waals surface area contributed by atoms with E-state index >= 15 is 0 Å². The molecule has 38 heavy (non-hydrogen) atoms. The molecular weight excluding hydrogens is 480 g/mol. The standard InChI is InChI=1S/C31H32N2O5/c1-3-4-5-15-37-25-11-8-22(9-12-25)28-27(29(34)23-10-13-26-24(17-23)16-20(2)38-26)30(35)31(36)33(28)19-21-7-6-14-32-18-21/h6-14,17-18,20,28,34H,3-5,15-16,19H2,1-2H3/b29-27-. The highest BCUT2D eigenvalue weighted by molar-refractivity contribution is 6.46. The lowest BCUT2D eigenvalue weighted by atomic mass is 9.94. The Morgan fingerprint density at radius 1 is 1.13 bits per heavy atom. The van der Waals surface area contributed by atoms with Crippen LogP contribution in [0.1, 0.15) is 61.4 Å². The molecule has 0 aliphatic carbocycles. The number of Topliss-reactive ketones (excluding diaryl/α,β-unsaturated/α-hetero) is 1. The number of aliphatic hydroxyl groups is 1. The van der Waals surface area contributed by atoms with Crippen LogP contribution in [0.4, 0.5) is 0 Å². The van der Waals surface area contributed by atoms with Crippen LogP contribution in [0.25, 0.3) is 5.76 Å². The summed E-state index contributed by atoms with van der Waals surface area (Å²) in [5.41, 5.74) is 3.03.